The van der Waals surface area contributed by atoms with Crippen molar-refractivity contribution in [2.24, 2.45) is 0 Å². The van der Waals surface area contributed by atoms with Gasteiger partial charge in [0.05, 0.1) is 11.0 Å². The van der Waals surface area contributed by atoms with E-state index in [0.29, 0.717) is 0 Å². The molecule has 0 unspecified atom stereocenters. The van der Waals surface area contributed by atoms with E-state index < -0.39 is 0 Å². The van der Waals surface area contributed by atoms with E-state index in [4.69, 9.17) is 0 Å². The molecule has 0 saturated carbocycles. The van der Waals surface area contributed by atoms with Crippen LogP contribution in [-0.2, 0) is 0 Å². The highest BCUT2D eigenvalue weighted by Crippen LogP contribution is 2.30. The number of H-pyrrole nitrogens is 1. The van der Waals surface area contributed by atoms with E-state index in [1.165, 1.54) is 5.56 Å². The van der Waals surface area contributed by atoms with Crippen LogP contribution < -0.4 is 0 Å². The minimum Gasteiger partial charge on any atom is -0.338 e. The van der Waals surface area contributed by atoms with Gasteiger partial charge in [0, 0.05) is 14.5 Å². The Kier molecular flexibility index (Phi) is 2.99. The lowest BCUT2D eigenvalue weighted by molar-refractivity contribution is 1.32. The van der Waals surface area contributed by atoms with Crippen LogP contribution in [0.3, 0.4) is 0 Å². The van der Waals surface area contributed by atoms with E-state index in [2.05, 4.69) is 60.9 Å². The van der Waals surface area contributed by atoms with E-state index in [1.54, 1.807) is 0 Å². The minimum atomic E-state index is 0.884. The zero-order valence-electron chi connectivity index (χ0n) is 9.67. The highest BCUT2D eigenvalue weighted by Gasteiger charge is 2.08. The Hall–Kier alpha value is -1.13. The SMILES string of the molecule is Cc1ccc2nc(-c3ccc(Br)cc3Br)[nH]c2c1. The van der Waals surface area contributed by atoms with Crippen molar-refractivity contribution in [2.45, 2.75) is 6.92 Å². The third-order valence-electron chi connectivity index (χ3n) is 2.82. The van der Waals surface area contributed by atoms with Crippen molar-refractivity contribution in [3.05, 3.63) is 50.9 Å². The molecule has 4 heteroatoms. The predicted octanol–water partition coefficient (Wildman–Crippen LogP) is 5.06. The third-order valence-corrected chi connectivity index (χ3v) is 3.97. The van der Waals surface area contributed by atoms with Crippen LogP contribution in [0.4, 0.5) is 0 Å². The van der Waals surface area contributed by atoms with Crippen molar-refractivity contribution in [3.63, 3.8) is 0 Å². The zero-order chi connectivity index (χ0) is 12.7. The van der Waals surface area contributed by atoms with Crippen molar-refractivity contribution in [3.8, 4) is 11.4 Å². The van der Waals surface area contributed by atoms with Crippen molar-refractivity contribution in [2.75, 3.05) is 0 Å². The number of rotatable bonds is 1. The fourth-order valence-corrected chi connectivity index (χ4v) is 3.17. The molecule has 3 rings (SSSR count). The molecule has 90 valence electrons. The number of hydrogen-bond acceptors (Lipinski definition) is 1. The topological polar surface area (TPSA) is 28.7 Å². The summed E-state index contributed by atoms with van der Waals surface area (Å²) < 4.78 is 2.07. The largest absolute Gasteiger partial charge is 0.338 e. The van der Waals surface area contributed by atoms with Gasteiger partial charge in [-0.3, -0.25) is 0 Å². The number of aryl methyl sites for hydroxylation is 1. The van der Waals surface area contributed by atoms with Gasteiger partial charge < -0.3 is 4.98 Å². The number of benzene rings is 2. The van der Waals surface area contributed by atoms with Gasteiger partial charge in [-0.25, -0.2) is 4.98 Å². The second-order valence-electron chi connectivity index (χ2n) is 4.23. The fraction of sp³-hybridized carbons (Fsp3) is 0.0714. The molecule has 0 atom stereocenters. The van der Waals surface area contributed by atoms with Crippen molar-refractivity contribution < 1.29 is 0 Å². The molecule has 0 radical (unpaired) electrons. The summed E-state index contributed by atoms with van der Waals surface area (Å²) in [6.07, 6.45) is 0. The first kappa shape index (κ1) is 11.9. The number of halogens is 2. The molecule has 0 spiro atoms. The van der Waals surface area contributed by atoms with Crippen molar-refractivity contribution in [1.29, 1.82) is 0 Å². The number of imidazole rings is 1. The molecule has 1 aromatic heterocycles. The average molecular weight is 366 g/mol. The molecule has 18 heavy (non-hydrogen) atoms. The first-order chi connectivity index (χ1) is 8.63. The van der Waals surface area contributed by atoms with Gasteiger partial charge in [0.1, 0.15) is 5.82 Å². The predicted molar refractivity (Wildman–Crippen MR) is 81.7 cm³/mol. The maximum atomic E-state index is 4.61. The maximum Gasteiger partial charge on any atom is 0.139 e. The van der Waals surface area contributed by atoms with E-state index in [1.807, 2.05) is 24.3 Å². The van der Waals surface area contributed by atoms with E-state index in [-0.39, 0.29) is 0 Å². The summed E-state index contributed by atoms with van der Waals surface area (Å²) in [4.78, 5) is 7.97. The molecule has 0 saturated heterocycles. The summed E-state index contributed by atoms with van der Waals surface area (Å²) >= 11 is 7.02. The number of aromatic amines is 1. The summed E-state index contributed by atoms with van der Waals surface area (Å²) in [7, 11) is 0. The molecule has 0 fully saturated rings. The van der Waals surface area contributed by atoms with Crippen LogP contribution in [0.25, 0.3) is 22.4 Å². The lowest BCUT2D eigenvalue weighted by Gasteiger charge is -2.00. The molecule has 0 amide bonds. The van der Waals surface area contributed by atoms with Crippen LogP contribution in [-0.4, -0.2) is 9.97 Å². The lowest BCUT2D eigenvalue weighted by atomic mass is 10.2. The Labute approximate surface area is 122 Å². The van der Waals surface area contributed by atoms with Gasteiger partial charge in [-0.15, -0.1) is 0 Å². The molecule has 1 heterocycles. The second-order valence-corrected chi connectivity index (χ2v) is 6.00. The van der Waals surface area contributed by atoms with Crippen LogP contribution in [0.15, 0.2) is 45.3 Å². The second kappa shape index (κ2) is 4.52. The van der Waals surface area contributed by atoms with Crippen LogP contribution in [0, 0.1) is 6.92 Å². The third kappa shape index (κ3) is 2.10. The highest BCUT2D eigenvalue weighted by atomic mass is 79.9. The Bertz CT molecular complexity index is 732. The summed E-state index contributed by atoms with van der Waals surface area (Å²) in [5.41, 5.74) is 4.35. The van der Waals surface area contributed by atoms with Gasteiger partial charge in [-0.2, -0.15) is 0 Å². The van der Waals surface area contributed by atoms with E-state index >= 15 is 0 Å². The maximum absolute atomic E-state index is 4.61. The van der Waals surface area contributed by atoms with Gasteiger partial charge in [-0.05, 0) is 58.7 Å². The Morgan fingerprint density at radius 1 is 1.06 bits per heavy atom. The van der Waals surface area contributed by atoms with Crippen LogP contribution in [0.2, 0.25) is 0 Å². The molecule has 0 aliphatic heterocycles. The van der Waals surface area contributed by atoms with Crippen LogP contribution in [0.1, 0.15) is 5.56 Å². The molecular weight excluding hydrogens is 356 g/mol. The molecule has 1 N–H and O–H groups in total. The number of hydrogen-bond donors (Lipinski definition) is 1. The Balaban J connectivity index is 2.19. The monoisotopic (exact) mass is 364 g/mol. The molecule has 2 aromatic carbocycles. The van der Waals surface area contributed by atoms with Crippen molar-refractivity contribution in [1.82, 2.24) is 9.97 Å². The molecule has 0 bridgehead atoms. The van der Waals surface area contributed by atoms with Crippen molar-refractivity contribution >= 4 is 42.9 Å². The number of aromatic nitrogens is 2. The van der Waals surface area contributed by atoms with Gasteiger partial charge in [0.2, 0.25) is 0 Å². The smallest absolute Gasteiger partial charge is 0.139 e. The Morgan fingerprint density at radius 3 is 2.67 bits per heavy atom. The summed E-state index contributed by atoms with van der Waals surface area (Å²) in [6, 6.07) is 12.3. The van der Waals surface area contributed by atoms with Gasteiger partial charge in [0.15, 0.2) is 0 Å². The highest BCUT2D eigenvalue weighted by molar-refractivity contribution is 9.11. The normalized spacial score (nSPS) is 11.1. The van der Waals surface area contributed by atoms with Crippen LogP contribution in [0.5, 0.6) is 0 Å². The van der Waals surface area contributed by atoms with Crippen LogP contribution >= 0.6 is 31.9 Å². The molecule has 0 aliphatic rings. The average Bonchev–Trinajstić information content (AvgIpc) is 2.71. The quantitative estimate of drug-likeness (QED) is 0.641. The summed E-state index contributed by atoms with van der Waals surface area (Å²) in [6.45, 7) is 2.08. The van der Waals surface area contributed by atoms with Gasteiger partial charge in [-0.1, -0.05) is 22.0 Å². The summed E-state index contributed by atoms with van der Waals surface area (Å²) in [5, 5.41) is 0. The molecule has 0 aliphatic carbocycles. The van der Waals surface area contributed by atoms with E-state index in [9.17, 15) is 0 Å². The lowest BCUT2D eigenvalue weighted by Crippen LogP contribution is -1.82. The number of fused-ring (bicyclic) bond motifs is 1. The first-order valence-corrected chi connectivity index (χ1v) is 7.14. The molecule has 2 nitrogen and oxygen atoms in total. The number of nitrogens with one attached hydrogen (secondary N) is 1. The Morgan fingerprint density at radius 2 is 1.89 bits per heavy atom. The number of nitrogens with zero attached hydrogens (tertiary/aromatic N) is 1. The first-order valence-electron chi connectivity index (χ1n) is 5.55. The standard InChI is InChI=1S/C14H10Br2N2/c1-8-2-5-12-13(6-8)18-14(17-12)10-4-3-9(15)7-11(10)16/h2-7H,1H3,(H,17,18). The summed E-state index contributed by atoms with van der Waals surface area (Å²) in [5.74, 6) is 0.884. The molecule has 3 aromatic rings. The van der Waals surface area contributed by atoms with E-state index in [0.717, 1.165) is 31.4 Å². The molecular formula is C14H10Br2N2. The fourth-order valence-electron chi connectivity index (χ4n) is 1.93. The zero-order valence-corrected chi connectivity index (χ0v) is 12.8. The van der Waals surface area contributed by atoms with Gasteiger partial charge in [0.25, 0.3) is 0 Å². The minimum absolute atomic E-state index is 0.884. The van der Waals surface area contributed by atoms with Gasteiger partial charge >= 0.3 is 0 Å².